The zero-order chi connectivity index (χ0) is 13.5. The first-order chi connectivity index (χ1) is 8.57. The van der Waals surface area contributed by atoms with Crippen LogP contribution in [0, 0.1) is 18.6 Å². The summed E-state index contributed by atoms with van der Waals surface area (Å²) < 4.78 is 27.0. The Balaban J connectivity index is 2.59. The third kappa shape index (κ3) is 3.77. The molecular weight excluding hydrogens is 240 g/mol. The van der Waals surface area contributed by atoms with Gasteiger partial charge >= 0.3 is 0 Å². The summed E-state index contributed by atoms with van der Waals surface area (Å²) >= 11 is 0. The number of nitrogens with one attached hydrogen (secondary N) is 1. The molecule has 0 saturated heterocycles. The van der Waals surface area contributed by atoms with Crippen molar-refractivity contribution in [2.24, 2.45) is 0 Å². The van der Waals surface area contributed by atoms with Gasteiger partial charge in [0.2, 0.25) is 0 Å². The number of hydrogen-bond donors (Lipinski definition) is 2. The molecule has 0 bridgehead atoms. The van der Waals surface area contributed by atoms with Gasteiger partial charge in [-0.15, -0.1) is 0 Å². The van der Waals surface area contributed by atoms with Gasteiger partial charge in [-0.2, -0.15) is 0 Å². The number of halogens is 2. The first-order valence-corrected chi connectivity index (χ1v) is 5.91. The van der Waals surface area contributed by atoms with Crippen molar-refractivity contribution in [2.45, 2.75) is 26.2 Å². The molecular formula is C13H17F2NO2. The quantitative estimate of drug-likeness (QED) is 0.767. The Morgan fingerprint density at radius 2 is 2.00 bits per heavy atom. The largest absolute Gasteiger partial charge is 0.396 e. The van der Waals surface area contributed by atoms with Gasteiger partial charge < -0.3 is 10.4 Å². The molecule has 0 aliphatic carbocycles. The first-order valence-electron chi connectivity index (χ1n) is 5.91. The molecule has 1 aromatic rings. The maximum Gasteiger partial charge on any atom is 0.257 e. The zero-order valence-electron chi connectivity index (χ0n) is 10.3. The number of benzene rings is 1. The van der Waals surface area contributed by atoms with E-state index in [-0.39, 0.29) is 12.2 Å². The lowest BCUT2D eigenvalue weighted by atomic mass is 10.1. The second-order valence-electron chi connectivity index (χ2n) is 4.09. The number of unbranched alkanes of at least 4 members (excludes halogenated alkanes) is 2. The molecule has 0 spiro atoms. The van der Waals surface area contributed by atoms with Crippen LogP contribution in [-0.2, 0) is 0 Å². The third-order valence-electron chi connectivity index (χ3n) is 2.63. The highest BCUT2D eigenvalue weighted by molar-refractivity contribution is 5.94. The predicted molar refractivity (Wildman–Crippen MR) is 64.4 cm³/mol. The lowest BCUT2D eigenvalue weighted by molar-refractivity contribution is 0.0944. The highest BCUT2D eigenvalue weighted by Gasteiger charge is 2.18. The number of amides is 1. The van der Waals surface area contributed by atoms with E-state index in [9.17, 15) is 13.6 Å². The average Bonchev–Trinajstić information content (AvgIpc) is 2.34. The van der Waals surface area contributed by atoms with Crippen LogP contribution in [0.4, 0.5) is 8.78 Å². The van der Waals surface area contributed by atoms with Crippen LogP contribution in [-0.4, -0.2) is 24.2 Å². The van der Waals surface area contributed by atoms with Crippen LogP contribution in [0.1, 0.15) is 35.2 Å². The van der Waals surface area contributed by atoms with Gasteiger partial charge in [-0.3, -0.25) is 4.79 Å². The van der Waals surface area contributed by atoms with Crippen molar-refractivity contribution in [3.63, 3.8) is 0 Å². The summed E-state index contributed by atoms with van der Waals surface area (Å²) in [5.74, 6) is -2.41. The van der Waals surface area contributed by atoms with Crippen LogP contribution in [0.5, 0.6) is 0 Å². The molecule has 0 saturated carbocycles. The van der Waals surface area contributed by atoms with Gasteiger partial charge in [0.15, 0.2) is 0 Å². The number of aryl methyl sites for hydroxylation is 1. The van der Waals surface area contributed by atoms with Gasteiger partial charge in [-0.05, 0) is 37.8 Å². The number of aliphatic hydroxyl groups is 1. The monoisotopic (exact) mass is 257 g/mol. The van der Waals surface area contributed by atoms with E-state index in [1.807, 2.05) is 0 Å². The number of hydrogen-bond acceptors (Lipinski definition) is 2. The van der Waals surface area contributed by atoms with Crippen molar-refractivity contribution in [3.8, 4) is 0 Å². The molecule has 100 valence electrons. The minimum atomic E-state index is -0.856. The van der Waals surface area contributed by atoms with E-state index in [2.05, 4.69) is 5.32 Å². The van der Waals surface area contributed by atoms with E-state index in [0.29, 0.717) is 19.4 Å². The smallest absolute Gasteiger partial charge is 0.257 e. The summed E-state index contributed by atoms with van der Waals surface area (Å²) in [4.78, 5) is 11.6. The predicted octanol–water partition coefficient (Wildman–Crippen LogP) is 2.17. The minimum Gasteiger partial charge on any atom is -0.396 e. The molecule has 3 nitrogen and oxygen atoms in total. The molecule has 18 heavy (non-hydrogen) atoms. The highest BCUT2D eigenvalue weighted by atomic mass is 19.1. The Labute approximate surface area is 105 Å². The van der Waals surface area contributed by atoms with Crippen molar-refractivity contribution in [3.05, 3.63) is 34.9 Å². The van der Waals surface area contributed by atoms with Crippen molar-refractivity contribution in [1.82, 2.24) is 5.32 Å². The maximum absolute atomic E-state index is 13.6. The second-order valence-corrected chi connectivity index (χ2v) is 4.09. The average molecular weight is 257 g/mol. The summed E-state index contributed by atoms with van der Waals surface area (Å²) in [6.45, 7) is 1.92. The molecule has 0 aromatic heterocycles. The van der Waals surface area contributed by atoms with Gasteiger partial charge in [0.25, 0.3) is 5.91 Å². The molecule has 5 heteroatoms. The Morgan fingerprint density at radius 3 is 2.67 bits per heavy atom. The molecule has 0 aliphatic rings. The van der Waals surface area contributed by atoms with Crippen LogP contribution in [0.3, 0.4) is 0 Å². The van der Waals surface area contributed by atoms with E-state index >= 15 is 0 Å². The zero-order valence-corrected chi connectivity index (χ0v) is 10.3. The lowest BCUT2D eigenvalue weighted by Gasteiger charge is -2.08. The van der Waals surface area contributed by atoms with E-state index in [0.717, 1.165) is 12.5 Å². The third-order valence-corrected chi connectivity index (χ3v) is 2.63. The summed E-state index contributed by atoms with van der Waals surface area (Å²) in [5, 5.41) is 11.0. The van der Waals surface area contributed by atoms with E-state index in [1.165, 1.54) is 13.0 Å². The first kappa shape index (κ1) is 14.6. The SMILES string of the molecule is Cc1ccc(F)c(C(=O)NCCCCCO)c1F. The molecule has 0 unspecified atom stereocenters. The fraction of sp³-hybridized carbons (Fsp3) is 0.462. The molecule has 0 aliphatic heterocycles. The summed E-state index contributed by atoms with van der Waals surface area (Å²) in [5.41, 5.74) is -0.293. The number of aliphatic hydroxyl groups excluding tert-OH is 1. The molecule has 1 rings (SSSR count). The van der Waals surface area contributed by atoms with Gasteiger partial charge in [0.1, 0.15) is 17.2 Å². The van der Waals surface area contributed by atoms with Gasteiger partial charge in [0, 0.05) is 13.2 Å². The maximum atomic E-state index is 13.6. The summed E-state index contributed by atoms with van der Waals surface area (Å²) in [6.07, 6.45) is 2.08. The lowest BCUT2D eigenvalue weighted by Crippen LogP contribution is -2.26. The second kappa shape index (κ2) is 7.06. The fourth-order valence-corrected chi connectivity index (χ4v) is 1.57. The van der Waals surface area contributed by atoms with Crippen molar-refractivity contribution in [2.75, 3.05) is 13.2 Å². The van der Waals surface area contributed by atoms with Gasteiger partial charge in [-0.25, -0.2) is 8.78 Å². The summed E-state index contributed by atoms with van der Waals surface area (Å²) in [6, 6.07) is 2.38. The highest BCUT2D eigenvalue weighted by Crippen LogP contribution is 2.16. The molecule has 2 N–H and O–H groups in total. The molecule has 0 atom stereocenters. The number of carbonyl (C=O) groups excluding carboxylic acids is 1. The van der Waals surface area contributed by atoms with Crippen molar-refractivity contribution < 1.29 is 18.7 Å². The van der Waals surface area contributed by atoms with Crippen LogP contribution < -0.4 is 5.32 Å². The van der Waals surface area contributed by atoms with Crippen molar-refractivity contribution in [1.29, 1.82) is 0 Å². The number of rotatable bonds is 6. The van der Waals surface area contributed by atoms with Gasteiger partial charge in [0.05, 0.1) is 0 Å². The topological polar surface area (TPSA) is 49.3 Å². The molecule has 1 aromatic carbocycles. The molecule has 0 radical (unpaired) electrons. The van der Waals surface area contributed by atoms with Gasteiger partial charge in [-0.1, -0.05) is 6.07 Å². The molecule has 0 fully saturated rings. The van der Waals surface area contributed by atoms with Crippen LogP contribution in [0.25, 0.3) is 0 Å². The molecule has 0 heterocycles. The Morgan fingerprint density at radius 1 is 1.28 bits per heavy atom. The van der Waals surface area contributed by atoms with Crippen molar-refractivity contribution >= 4 is 5.91 Å². The Bertz CT molecular complexity index is 422. The van der Waals surface area contributed by atoms with E-state index < -0.39 is 23.1 Å². The normalized spacial score (nSPS) is 10.4. The van der Waals surface area contributed by atoms with Crippen LogP contribution in [0.15, 0.2) is 12.1 Å². The van der Waals surface area contributed by atoms with Crippen LogP contribution in [0.2, 0.25) is 0 Å². The molecule has 1 amide bonds. The Kier molecular flexibility index (Phi) is 5.71. The standard InChI is InChI=1S/C13H17F2NO2/c1-9-5-6-10(14)11(12(9)15)13(18)16-7-3-2-4-8-17/h5-6,17H,2-4,7-8H2,1H3,(H,16,18). The number of carbonyl (C=O) groups is 1. The minimum absolute atomic E-state index is 0.106. The fourth-order valence-electron chi connectivity index (χ4n) is 1.57. The van der Waals surface area contributed by atoms with E-state index in [1.54, 1.807) is 0 Å². The van der Waals surface area contributed by atoms with E-state index in [4.69, 9.17) is 5.11 Å². The Hall–Kier alpha value is -1.49. The van der Waals surface area contributed by atoms with Crippen LogP contribution >= 0.6 is 0 Å². The summed E-state index contributed by atoms with van der Waals surface area (Å²) in [7, 11) is 0.